The van der Waals surface area contributed by atoms with Gasteiger partial charge in [-0.25, -0.2) is 0 Å². The summed E-state index contributed by atoms with van der Waals surface area (Å²) in [5.41, 5.74) is 5.39. The monoisotopic (exact) mass is 246 g/mol. The minimum absolute atomic E-state index is 0. The third-order valence-electron chi connectivity index (χ3n) is 3.53. The average molecular weight is 246 g/mol. The van der Waals surface area contributed by atoms with Crippen LogP contribution in [0.5, 0.6) is 0 Å². The van der Waals surface area contributed by atoms with Crippen LogP contribution < -0.4 is 5.73 Å². The molecule has 0 aromatic rings. The predicted molar refractivity (Wildman–Crippen MR) is 67.6 cm³/mol. The fraction of sp³-hybridized carbons (Fsp3) is 0.917. The number of rotatable bonds is 3. The highest BCUT2D eigenvalue weighted by molar-refractivity contribution is 5.80. The van der Waals surface area contributed by atoms with E-state index in [1.807, 2.05) is 0 Å². The number of nitrogens with zero attached hydrogens (tertiary/aromatic N) is 1. The lowest BCUT2D eigenvalue weighted by atomic mass is 9.99. The van der Waals surface area contributed by atoms with Crippen LogP contribution in [0.1, 0.15) is 27.1 Å². The smallest absolute Gasteiger partial charge is 0.234 e. The van der Waals surface area contributed by atoms with Crippen LogP contribution >= 0.6 is 0 Å². The van der Waals surface area contributed by atoms with Gasteiger partial charge in [-0.15, -0.1) is 0 Å². The van der Waals surface area contributed by atoms with Gasteiger partial charge < -0.3 is 15.6 Å². The normalized spacial score (nSPS) is 26.4. The number of aliphatic hydroxyl groups is 1. The number of carbonyl (C=O) groups excluding carboxylic acids is 1. The molecule has 0 unspecified atom stereocenters. The van der Waals surface area contributed by atoms with Crippen LogP contribution in [0.2, 0.25) is 0 Å². The summed E-state index contributed by atoms with van der Waals surface area (Å²) >= 11 is 0. The number of amides is 1. The summed E-state index contributed by atoms with van der Waals surface area (Å²) in [4.78, 5) is 13.5. The molecule has 0 spiro atoms. The maximum Gasteiger partial charge on any atom is 0.234 e. The Kier molecular flexibility index (Phi) is 6.47. The molecule has 2 rings (SSSR count). The average Bonchev–Trinajstić information content (AvgIpc) is 2.81. The summed E-state index contributed by atoms with van der Waals surface area (Å²) in [5, 5.41) is 7.00. The zero-order valence-corrected chi connectivity index (χ0v) is 10.6. The number of ether oxygens (including phenoxy) is 1. The molecule has 102 valence electrons. The van der Waals surface area contributed by atoms with Crippen molar-refractivity contribution in [2.75, 3.05) is 33.4 Å². The summed E-state index contributed by atoms with van der Waals surface area (Å²) in [6.07, 6.45) is 4.30. The summed E-state index contributed by atoms with van der Waals surface area (Å²) in [6, 6.07) is -0.00663. The van der Waals surface area contributed by atoms with Crippen molar-refractivity contribution in [3.05, 3.63) is 0 Å². The fourth-order valence-electron chi connectivity index (χ4n) is 2.63. The van der Waals surface area contributed by atoms with Crippen molar-refractivity contribution >= 4 is 5.91 Å². The van der Waals surface area contributed by atoms with E-state index in [1.54, 1.807) is 0 Å². The molecule has 2 saturated heterocycles. The Labute approximate surface area is 104 Å². The van der Waals surface area contributed by atoms with E-state index in [1.165, 1.54) is 0 Å². The molecule has 2 heterocycles. The molecule has 3 N–H and O–H groups in total. The van der Waals surface area contributed by atoms with E-state index >= 15 is 0 Å². The second kappa shape index (κ2) is 7.63. The molecule has 2 aliphatic rings. The van der Waals surface area contributed by atoms with Gasteiger partial charge in [0.15, 0.2) is 0 Å². The van der Waals surface area contributed by atoms with Gasteiger partial charge in [0.05, 0.1) is 6.04 Å². The van der Waals surface area contributed by atoms with Gasteiger partial charge in [0.2, 0.25) is 5.91 Å². The van der Waals surface area contributed by atoms with Crippen LogP contribution in [0.15, 0.2) is 0 Å². The second-order valence-electron chi connectivity index (χ2n) is 4.61. The maximum absolute atomic E-state index is 11.2. The van der Waals surface area contributed by atoms with Crippen LogP contribution in [-0.4, -0.2) is 55.4 Å². The summed E-state index contributed by atoms with van der Waals surface area (Å²) in [7, 11) is 1.00. The number of primary amides is 1. The quantitative estimate of drug-likeness (QED) is 0.747. The molecule has 0 bridgehead atoms. The predicted octanol–water partition coefficient (Wildman–Crippen LogP) is 0.217. The van der Waals surface area contributed by atoms with Gasteiger partial charge in [-0.3, -0.25) is 9.69 Å². The number of hydrogen-bond acceptors (Lipinski definition) is 4. The van der Waals surface area contributed by atoms with Crippen LogP contribution in [0.25, 0.3) is 0 Å². The highest BCUT2D eigenvalue weighted by Crippen LogP contribution is 2.22. The minimum atomic E-state index is -0.153. The molecule has 2 aliphatic heterocycles. The van der Waals surface area contributed by atoms with Gasteiger partial charge in [-0.2, -0.15) is 0 Å². The Balaban J connectivity index is 0.000000917. The van der Waals surface area contributed by atoms with Crippen molar-refractivity contribution in [2.24, 2.45) is 11.7 Å². The first-order valence-corrected chi connectivity index (χ1v) is 6.33. The summed E-state index contributed by atoms with van der Waals surface area (Å²) in [6.45, 7) is 3.81. The van der Waals surface area contributed by atoms with Gasteiger partial charge in [-0.1, -0.05) is 0 Å². The number of likely N-dealkylation sites (tertiary alicyclic amines) is 1. The molecule has 0 aromatic carbocycles. The Bertz CT molecular complexity index is 235. The van der Waals surface area contributed by atoms with E-state index < -0.39 is 0 Å². The van der Waals surface area contributed by atoms with Crippen LogP contribution in [0.4, 0.5) is 0 Å². The largest absolute Gasteiger partial charge is 0.400 e. The summed E-state index contributed by atoms with van der Waals surface area (Å²) < 4.78 is 5.33. The van der Waals surface area contributed by atoms with Crippen molar-refractivity contribution in [3.63, 3.8) is 0 Å². The topological polar surface area (TPSA) is 75.8 Å². The lowest BCUT2D eigenvalue weighted by molar-refractivity contribution is -0.122. The molecular weight excluding hydrogens is 220 g/mol. The van der Waals surface area contributed by atoms with E-state index in [0.717, 1.165) is 59.1 Å². The zero-order chi connectivity index (χ0) is 12.7. The van der Waals surface area contributed by atoms with E-state index in [9.17, 15) is 4.79 Å². The van der Waals surface area contributed by atoms with Crippen molar-refractivity contribution in [1.29, 1.82) is 0 Å². The van der Waals surface area contributed by atoms with Crippen LogP contribution in [-0.2, 0) is 9.53 Å². The van der Waals surface area contributed by atoms with Crippen molar-refractivity contribution in [2.45, 2.75) is 31.7 Å². The first-order valence-electron chi connectivity index (χ1n) is 6.33. The Hall–Kier alpha value is -0.650. The van der Waals surface area contributed by atoms with Crippen LogP contribution in [0, 0.1) is 5.92 Å². The molecule has 1 atom stereocenters. The van der Waals surface area contributed by atoms with Crippen molar-refractivity contribution in [3.8, 4) is 0 Å². The Morgan fingerprint density at radius 2 is 2.06 bits per heavy atom. The summed E-state index contributed by atoms with van der Waals surface area (Å²) in [5.74, 6) is 0.540. The molecule has 2 fully saturated rings. The highest BCUT2D eigenvalue weighted by Gasteiger charge is 2.30. The van der Waals surface area contributed by atoms with Gasteiger partial charge >= 0.3 is 0 Å². The first kappa shape index (κ1) is 14.4. The molecule has 0 saturated carbocycles. The molecule has 0 radical (unpaired) electrons. The zero-order valence-electron chi connectivity index (χ0n) is 10.6. The van der Waals surface area contributed by atoms with E-state index in [2.05, 4.69) is 4.90 Å². The number of aliphatic hydroxyl groups excluding tert-OH is 1. The van der Waals surface area contributed by atoms with E-state index in [4.69, 9.17) is 15.6 Å². The first-order chi connectivity index (χ1) is 8.27. The number of nitrogens with two attached hydrogens (primary N) is 1. The third-order valence-corrected chi connectivity index (χ3v) is 3.53. The number of carbonyl (C=O) groups is 1. The SMILES string of the molecule is CO.NC(=O)[C@@H]1CCCN1CC1CCOCC1.[HH]. The van der Waals surface area contributed by atoms with Gasteiger partial charge in [0, 0.05) is 28.3 Å². The molecule has 5 heteroatoms. The standard InChI is InChI=1S/C11H20N2O2.CH4O.H2/c12-11(14)10-2-1-5-13(10)8-9-3-6-15-7-4-9;1-2;/h9-10H,1-8H2,(H2,12,14);2H,1H3;1H/t10-;;/m0../s1. The van der Waals surface area contributed by atoms with Gasteiger partial charge in [0.25, 0.3) is 0 Å². The Morgan fingerprint density at radius 1 is 1.41 bits per heavy atom. The number of hydrogen-bond donors (Lipinski definition) is 2. The molecule has 1 amide bonds. The van der Waals surface area contributed by atoms with Crippen molar-refractivity contribution in [1.82, 2.24) is 4.90 Å². The molecular formula is C12H26N2O3. The second-order valence-corrected chi connectivity index (χ2v) is 4.61. The minimum Gasteiger partial charge on any atom is -0.400 e. The van der Waals surface area contributed by atoms with Crippen LogP contribution in [0.3, 0.4) is 0 Å². The lowest BCUT2D eigenvalue weighted by Gasteiger charge is -2.29. The molecule has 17 heavy (non-hydrogen) atoms. The highest BCUT2D eigenvalue weighted by atomic mass is 16.5. The van der Waals surface area contributed by atoms with E-state index in [-0.39, 0.29) is 13.4 Å². The van der Waals surface area contributed by atoms with Gasteiger partial charge in [-0.05, 0) is 38.1 Å². The molecule has 5 nitrogen and oxygen atoms in total. The van der Waals surface area contributed by atoms with E-state index in [0.29, 0.717) is 5.92 Å². The Morgan fingerprint density at radius 3 is 2.65 bits per heavy atom. The van der Waals surface area contributed by atoms with Crippen molar-refractivity contribution < 1.29 is 16.1 Å². The fourth-order valence-corrected chi connectivity index (χ4v) is 2.63. The molecule has 0 aromatic heterocycles. The maximum atomic E-state index is 11.2. The van der Waals surface area contributed by atoms with Gasteiger partial charge in [0.1, 0.15) is 0 Å². The lowest BCUT2D eigenvalue weighted by Crippen LogP contribution is -2.43. The third kappa shape index (κ3) is 4.26. The molecule has 0 aliphatic carbocycles.